The number of fused-ring (bicyclic) bond motifs is 1. The minimum atomic E-state index is -4.82. The molecule has 1 aliphatic rings. The molecule has 27 heavy (non-hydrogen) atoms. The fraction of sp³-hybridized carbons (Fsp3) is 0.450. The van der Waals surface area contributed by atoms with Crippen LogP contribution in [0, 0.1) is 0 Å². The molecule has 3 rings (SSSR count). The number of halogens is 3. The van der Waals surface area contributed by atoms with Gasteiger partial charge >= 0.3 is 12.1 Å². The van der Waals surface area contributed by atoms with Gasteiger partial charge in [-0.3, -0.25) is 4.79 Å². The zero-order chi connectivity index (χ0) is 19.6. The lowest BCUT2D eigenvalue weighted by Crippen LogP contribution is -2.42. The van der Waals surface area contributed by atoms with Crippen LogP contribution in [0.15, 0.2) is 29.6 Å². The summed E-state index contributed by atoms with van der Waals surface area (Å²) in [7, 11) is 2.00. The van der Waals surface area contributed by atoms with Crippen LogP contribution in [0.3, 0.4) is 0 Å². The van der Waals surface area contributed by atoms with Gasteiger partial charge < -0.3 is 9.80 Å². The molecule has 7 heteroatoms. The maximum absolute atomic E-state index is 12.9. The van der Waals surface area contributed by atoms with Crippen LogP contribution < -0.4 is 4.90 Å². The Morgan fingerprint density at radius 1 is 1.22 bits per heavy atom. The number of thiophene rings is 1. The average Bonchev–Trinajstić information content (AvgIpc) is 3.07. The first-order valence-electron chi connectivity index (χ1n) is 9.10. The first-order chi connectivity index (χ1) is 12.8. The lowest BCUT2D eigenvalue weighted by molar-refractivity contribution is -0.185. The third kappa shape index (κ3) is 4.13. The van der Waals surface area contributed by atoms with Crippen molar-refractivity contribution >= 4 is 27.9 Å². The second-order valence-corrected chi connectivity index (χ2v) is 7.69. The third-order valence-corrected chi connectivity index (χ3v) is 5.91. The molecule has 0 aliphatic carbocycles. The first kappa shape index (κ1) is 19.7. The van der Waals surface area contributed by atoms with E-state index >= 15 is 0 Å². The van der Waals surface area contributed by atoms with Crippen LogP contribution in [0.5, 0.6) is 0 Å². The van der Waals surface area contributed by atoms with Gasteiger partial charge in [-0.1, -0.05) is 25.5 Å². The van der Waals surface area contributed by atoms with E-state index in [0.717, 1.165) is 39.6 Å². The quantitative estimate of drug-likeness (QED) is 0.729. The molecule has 0 fully saturated rings. The topological polar surface area (TPSA) is 23.6 Å². The van der Waals surface area contributed by atoms with Crippen molar-refractivity contribution in [3.05, 3.63) is 46.3 Å². The molecule has 0 unspecified atom stereocenters. The lowest BCUT2D eigenvalue weighted by atomic mass is 9.94. The van der Waals surface area contributed by atoms with Gasteiger partial charge in [0.25, 0.3) is 0 Å². The van der Waals surface area contributed by atoms with Crippen LogP contribution in [0.4, 0.5) is 23.9 Å². The van der Waals surface area contributed by atoms with Crippen LogP contribution in [0.25, 0.3) is 0 Å². The first-order valence-corrected chi connectivity index (χ1v) is 9.97. The van der Waals surface area contributed by atoms with Crippen LogP contribution in [0.2, 0.25) is 0 Å². The molecule has 1 aliphatic heterocycles. The second kappa shape index (κ2) is 7.92. The highest BCUT2D eigenvalue weighted by Gasteiger charge is 2.42. The molecule has 146 valence electrons. The normalized spacial score (nSPS) is 14.6. The molecule has 2 heterocycles. The number of hydrogen-bond acceptors (Lipinski definition) is 3. The Balaban J connectivity index is 1.98. The Morgan fingerprint density at radius 2 is 1.96 bits per heavy atom. The van der Waals surface area contributed by atoms with Gasteiger partial charge in [-0.05, 0) is 53.5 Å². The highest BCUT2D eigenvalue weighted by Crippen LogP contribution is 2.37. The Kier molecular flexibility index (Phi) is 5.79. The molecule has 2 aromatic rings. The second-order valence-electron chi connectivity index (χ2n) is 6.76. The molecular weight excluding hydrogens is 373 g/mol. The van der Waals surface area contributed by atoms with Crippen molar-refractivity contribution in [1.82, 2.24) is 4.90 Å². The van der Waals surface area contributed by atoms with Crippen molar-refractivity contribution in [1.29, 1.82) is 0 Å². The number of alkyl halides is 3. The molecule has 3 nitrogen and oxygen atoms in total. The van der Waals surface area contributed by atoms with E-state index in [-0.39, 0.29) is 13.1 Å². The number of amides is 1. The van der Waals surface area contributed by atoms with Crippen molar-refractivity contribution in [3.63, 3.8) is 0 Å². The van der Waals surface area contributed by atoms with Crippen molar-refractivity contribution in [3.8, 4) is 0 Å². The van der Waals surface area contributed by atoms with Gasteiger partial charge in [-0.25, -0.2) is 0 Å². The summed E-state index contributed by atoms with van der Waals surface area (Å²) in [6.45, 7) is 2.30. The van der Waals surface area contributed by atoms with Crippen LogP contribution >= 0.6 is 11.3 Å². The number of aryl methyl sites for hydroxylation is 1. The average molecular weight is 396 g/mol. The Hall–Kier alpha value is -2.02. The molecule has 0 radical (unpaired) electrons. The summed E-state index contributed by atoms with van der Waals surface area (Å²) in [5.41, 5.74) is 4.38. The van der Waals surface area contributed by atoms with E-state index in [1.54, 1.807) is 11.3 Å². The smallest absolute Gasteiger partial charge is 0.336 e. The van der Waals surface area contributed by atoms with E-state index < -0.39 is 12.1 Å². The number of carbonyl (C=O) groups is 1. The van der Waals surface area contributed by atoms with Crippen LogP contribution in [0.1, 0.15) is 30.0 Å². The minimum Gasteiger partial charge on any atom is -0.336 e. The highest BCUT2D eigenvalue weighted by molar-refractivity contribution is 7.14. The van der Waals surface area contributed by atoms with Crippen molar-refractivity contribution < 1.29 is 18.0 Å². The monoisotopic (exact) mass is 396 g/mol. The fourth-order valence-corrected chi connectivity index (χ4v) is 4.40. The molecule has 0 N–H and O–H groups in total. The van der Waals surface area contributed by atoms with E-state index in [0.29, 0.717) is 12.8 Å². The Labute approximate surface area is 161 Å². The summed E-state index contributed by atoms with van der Waals surface area (Å²) in [5, 5.41) is 3.10. The van der Waals surface area contributed by atoms with Gasteiger partial charge in [-0.15, -0.1) is 11.3 Å². The summed E-state index contributed by atoms with van der Waals surface area (Å²) < 4.78 is 38.6. The number of nitrogens with zero attached hydrogens (tertiary/aromatic N) is 2. The highest BCUT2D eigenvalue weighted by atomic mass is 32.1. The number of hydrogen-bond donors (Lipinski definition) is 0. The Morgan fingerprint density at radius 3 is 2.59 bits per heavy atom. The zero-order valence-electron chi connectivity index (χ0n) is 15.5. The Bertz CT molecular complexity index is 802. The summed E-state index contributed by atoms with van der Waals surface area (Å²) >= 11 is 1.63. The third-order valence-electron chi connectivity index (χ3n) is 4.97. The van der Waals surface area contributed by atoms with Crippen LogP contribution in [-0.2, 0) is 24.1 Å². The van der Waals surface area contributed by atoms with Gasteiger partial charge in [0.1, 0.15) is 0 Å². The zero-order valence-corrected chi connectivity index (χ0v) is 16.3. The maximum Gasteiger partial charge on any atom is 0.471 e. The molecule has 0 spiro atoms. The van der Waals surface area contributed by atoms with E-state index in [1.165, 1.54) is 5.56 Å². The predicted molar refractivity (Wildman–Crippen MR) is 103 cm³/mol. The molecule has 1 aromatic heterocycles. The van der Waals surface area contributed by atoms with Crippen molar-refractivity contribution in [2.45, 2.75) is 38.8 Å². The molecule has 1 amide bonds. The molecule has 0 saturated carbocycles. The van der Waals surface area contributed by atoms with Crippen LogP contribution in [-0.4, -0.2) is 37.1 Å². The molecule has 0 bridgehead atoms. The van der Waals surface area contributed by atoms with E-state index in [1.807, 2.05) is 30.6 Å². The molecule has 1 aromatic carbocycles. The lowest BCUT2D eigenvalue weighted by Gasteiger charge is -2.26. The largest absolute Gasteiger partial charge is 0.471 e. The predicted octanol–water partition coefficient (Wildman–Crippen LogP) is 4.96. The van der Waals surface area contributed by atoms with Crippen molar-refractivity contribution in [2.24, 2.45) is 0 Å². The molecule has 0 atom stereocenters. The molecule has 0 saturated heterocycles. The van der Waals surface area contributed by atoms with Crippen molar-refractivity contribution in [2.75, 3.05) is 25.0 Å². The van der Waals surface area contributed by atoms with E-state index in [4.69, 9.17) is 0 Å². The van der Waals surface area contributed by atoms with Gasteiger partial charge in [0.2, 0.25) is 0 Å². The number of anilines is 2. The van der Waals surface area contributed by atoms with Gasteiger partial charge in [0.05, 0.1) is 5.00 Å². The standard InChI is InChI=1S/C20H23F3N2OS/c1-3-5-15-8-7-14-9-11-25(19(26)20(21,22)23)12-10-16(14)18(15)24(2)17-6-4-13-27-17/h4,6-8,13H,3,5,9-12H2,1-2H3. The fourth-order valence-electron chi connectivity index (χ4n) is 3.70. The number of rotatable bonds is 4. The minimum absolute atomic E-state index is 0.0895. The van der Waals surface area contributed by atoms with Gasteiger partial charge in [0.15, 0.2) is 0 Å². The number of carbonyl (C=O) groups excluding carboxylic acids is 1. The van der Waals surface area contributed by atoms with Gasteiger partial charge in [0, 0.05) is 25.8 Å². The summed E-state index contributed by atoms with van der Waals surface area (Å²) in [4.78, 5) is 14.8. The van der Waals surface area contributed by atoms with E-state index in [9.17, 15) is 18.0 Å². The summed E-state index contributed by atoms with van der Waals surface area (Å²) in [6, 6.07) is 8.13. The van der Waals surface area contributed by atoms with E-state index in [2.05, 4.69) is 17.9 Å². The summed E-state index contributed by atoms with van der Waals surface area (Å²) in [6.07, 6.45) is -2.05. The maximum atomic E-state index is 12.9. The summed E-state index contributed by atoms with van der Waals surface area (Å²) in [5.74, 6) is -1.74. The SMILES string of the molecule is CCCc1ccc2c(c1N(C)c1cccs1)CCN(C(=O)C(F)(F)F)CC2. The van der Waals surface area contributed by atoms with Gasteiger partial charge in [-0.2, -0.15) is 13.2 Å². The number of benzene rings is 1. The molecular formula is C20H23F3N2OS.